The van der Waals surface area contributed by atoms with Crippen molar-refractivity contribution in [3.63, 3.8) is 0 Å². The highest BCUT2D eigenvalue weighted by atomic mass is 32.2. The first-order valence-corrected chi connectivity index (χ1v) is 9.49. The zero-order chi connectivity index (χ0) is 17.3. The van der Waals surface area contributed by atoms with E-state index in [9.17, 15) is 0 Å². The largest absolute Gasteiger partial charge is 0.497 e. The van der Waals surface area contributed by atoms with E-state index in [1.54, 1.807) is 7.11 Å². The minimum Gasteiger partial charge on any atom is -0.497 e. The third-order valence-corrected chi connectivity index (χ3v) is 5.63. The van der Waals surface area contributed by atoms with Crippen molar-refractivity contribution < 1.29 is 9.47 Å². The quantitative estimate of drug-likeness (QED) is 0.428. The SMILES string of the molecule is CN=C(NCCCOc1ccc(OC)cc1)NCC1(C)CCCS1. The molecule has 1 aliphatic rings. The molecule has 2 N–H and O–H groups in total. The molecule has 0 bridgehead atoms. The maximum Gasteiger partial charge on any atom is 0.191 e. The van der Waals surface area contributed by atoms with Crippen molar-refractivity contribution in [3.05, 3.63) is 24.3 Å². The van der Waals surface area contributed by atoms with Crippen molar-refractivity contribution in [3.8, 4) is 11.5 Å². The van der Waals surface area contributed by atoms with Gasteiger partial charge in [0.25, 0.3) is 0 Å². The molecule has 6 heteroatoms. The number of rotatable bonds is 8. The molecular formula is C18H29N3O2S. The lowest BCUT2D eigenvalue weighted by molar-refractivity contribution is 0.310. The third kappa shape index (κ3) is 6.15. The highest BCUT2D eigenvalue weighted by Gasteiger charge is 2.29. The molecule has 1 atom stereocenters. The van der Waals surface area contributed by atoms with Gasteiger partial charge in [-0.25, -0.2) is 0 Å². The van der Waals surface area contributed by atoms with Crippen LogP contribution in [0.1, 0.15) is 26.2 Å². The Labute approximate surface area is 149 Å². The van der Waals surface area contributed by atoms with Gasteiger partial charge in [-0.2, -0.15) is 11.8 Å². The highest BCUT2D eigenvalue weighted by Crippen LogP contribution is 2.36. The van der Waals surface area contributed by atoms with E-state index in [1.807, 2.05) is 31.3 Å². The lowest BCUT2D eigenvalue weighted by Gasteiger charge is -2.24. The van der Waals surface area contributed by atoms with Crippen LogP contribution in [0.3, 0.4) is 0 Å². The summed E-state index contributed by atoms with van der Waals surface area (Å²) in [5.41, 5.74) is 0. The van der Waals surface area contributed by atoms with Gasteiger partial charge >= 0.3 is 0 Å². The van der Waals surface area contributed by atoms with Crippen molar-refractivity contribution in [2.75, 3.05) is 39.6 Å². The van der Waals surface area contributed by atoms with Gasteiger partial charge in [0.1, 0.15) is 11.5 Å². The molecule has 2 rings (SSSR count). The average molecular weight is 352 g/mol. The number of ether oxygens (including phenoxy) is 2. The summed E-state index contributed by atoms with van der Waals surface area (Å²) in [5, 5.41) is 6.78. The van der Waals surface area contributed by atoms with Gasteiger partial charge in [-0.05, 0) is 56.2 Å². The van der Waals surface area contributed by atoms with E-state index < -0.39 is 0 Å². The molecule has 5 nitrogen and oxygen atoms in total. The summed E-state index contributed by atoms with van der Waals surface area (Å²) in [5.74, 6) is 3.85. The van der Waals surface area contributed by atoms with Gasteiger partial charge in [-0.3, -0.25) is 4.99 Å². The molecular weight excluding hydrogens is 322 g/mol. The van der Waals surface area contributed by atoms with E-state index in [2.05, 4.69) is 34.3 Å². The third-order valence-electron chi connectivity index (χ3n) is 4.10. The van der Waals surface area contributed by atoms with E-state index in [-0.39, 0.29) is 0 Å². The number of nitrogens with one attached hydrogen (secondary N) is 2. The molecule has 1 aliphatic heterocycles. The number of thioether (sulfide) groups is 1. The van der Waals surface area contributed by atoms with Gasteiger partial charge in [0.15, 0.2) is 5.96 Å². The van der Waals surface area contributed by atoms with E-state index in [0.29, 0.717) is 11.4 Å². The van der Waals surface area contributed by atoms with Crippen LogP contribution < -0.4 is 20.1 Å². The Morgan fingerprint density at radius 3 is 2.62 bits per heavy atom. The number of methoxy groups -OCH3 is 1. The summed E-state index contributed by atoms with van der Waals surface area (Å²) in [6.07, 6.45) is 3.51. The molecule has 1 fully saturated rings. The topological polar surface area (TPSA) is 54.9 Å². The van der Waals surface area contributed by atoms with Crippen LogP contribution >= 0.6 is 11.8 Å². The second kappa shape index (κ2) is 9.67. The standard InChI is InChI=1S/C18H29N3O2S/c1-18(10-4-13-24-18)14-21-17(19-2)20-11-5-12-23-16-8-6-15(22-3)7-9-16/h6-9H,4-5,10-14H2,1-3H3,(H2,19,20,21). The molecule has 24 heavy (non-hydrogen) atoms. The first kappa shape index (κ1) is 18.8. The summed E-state index contributed by atoms with van der Waals surface area (Å²) in [7, 11) is 3.47. The first-order valence-electron chi connectivity index (χ1n) is 8.50. The summed E-state index contributed by atoms with van der Waals surface area (Å²) in [4.78, 5) is 4.29. The van der Waals surface area contributed by atoms with Gasteiger partial charge in [0.2, 0.25) is 0 Å². The van der Waals surface area contributed by atoms with Crippen LogP contribution in [0.2, 0.25) is 0 Å². The summed E-state index contributed by atoms with van der Waals surface area (Å²) >= 11 is 2.06. The Morgan fingerprint density at radius 2 is 2.00 bits per heavy atom. The molecule has 0 amide bonds. The zero-order valence-electron chi connectivity index (χ0n) is 14.9. The molecule has 0 spiro atoms. The van der Waals surface area contributed by atoms with E-state index in [4.69, 9.17) is 9.47 Å². The first-order chi connectivity index (χ1) is 11.6. The molecule has 1 aromatic carbocycles. The number of guanidine groups is 1. The van der Waals surface area contributed by atoms with Crippen molar-refractivity contribution >= 4 is 17.7 Å². The zero-order valence-corrected chi connectivity index (χ0v) is 15.7. The second-order valence-electron chi connectivity index (χ2n) is 6.13. The Morgan fingerprint density at radius 1 is 1.25 bits per heavy atom. The fourth-order valence-corrected chi connectivity index (χ4v) is 3.85. The Bertz CT molecular complexity index is 514. The lowest BCUT2D eigenvalue weighted by atomic mass is 10.1. The highest BCUT2D eigenvalue weighted by molar-refractivity contribution is 8.00. The van der Waals surface area contributed by atoms with Gasteiger partial charge in [-0.15, -0.1) is 0 Å². The summed E-state index contributed by atoms with van der Waals surface area (Å²) in [6, 6.07) is 7.65. The molecule has 0 aromatic heterocycles. The van der Waals surface area contributed by atoms with Gasteiger partial charge < -0.3 is 20.1 Å². The fraction of sp³-hybridized carbons (Fsp3) is 0.611. The van der Waals surface area contributed by atoms with Crippen LogP contribution in [0.5, 0.6) is 11.5 Å². The number of aliphatic imine (C=N–C) groups is 1. The van der Waals surface area contributed by atoms with E-state index in [0.717, 1.165) is 37.0 Å². The number of nitrogens with zero attached hydrogens (tertiary/aromatic N) is 1. The molecule has 1 unspecified atom stereocenters. The second-order valence-corrected chi connectivity index (χ2v) is 7.81. The maximum absolute atomic E-state index is 5.72. The molecule has 1 heterocycles. The summed E-state index contributed by atoms with van der Waals surface area (Å²) < 4.78 is 11.2. The Balaban J connectivity index is 1.59. The Hall–Kier alpha value is -1.56. The molecule has 134 valence electrons. The van der Waals surface area contributed by atoms with Gasteiger partial charge in [0.05, 0.1) is 13.7 Å². The van der Waals surface area contributed by atoms with Gasteiger partial charge in [-0.1, -0.05) is 0 Å². The van der Waals surface area contributed by atoms with E-state index >= 15 is 0 Å². The minimum absolute atomic E-state index is 0.342. The number of benzene rings is 1. The van der Waals surface area contributed by atoms with Crippen molar-refractivity contribution in [1.82, 2.24) is 10.6 Å². The molecule has 0 radical (unpaired) electrons. The predicted octanol–water partition coefficient (Wildman–Crippen LogP) is 2.91. The van der Waals surface area contributed by atoms with Crippen LogP contribution in [-0.4, -0.2) is 50.3 Å². The molecule has 1 aromatic rings. The molecule has 1 saturated heterocycles. The van der Waals surface area contributed by atoms with Crippen LogP contribution in [0.15, 0.2) is 29.3 Å². The van der Waals surface area contributed by atoms with Gasteiger partial charge in [0, 0.05) is 24.9 Å². The maximum atomic E-state index is 5.72. The molecule has 0 aliphatic carbocycles. The summed E-state index contributed by atoms with van der Waals surface area (Å²) in [6.45, 7) is 4.79. The van der Waals surface area contributed by atoms with Crippen LogP contribution in [-0.2, 0) is 0 Å². The van der Waals surface area contributed by atoms with Crippen molar-refractivity contribution in [1.29, 1.82) is 0 Å². The van der Waals surface area contributed by atoms with Crippen LogP contribution in [0, 0.1) is 0 Å². The number of hydrogen-bond donors (Lipinski definition) is 2. The van der Waals surface area contributed by atoms with Crippen LogP contribution in [0.4, 0.5) is 0 Å². The lowest BCUT2D eigenvalue weighted by Crippen LogP contribution is -2.44. The Kier molecular flexibility index (Phi) is 7.56. The fourth-order valence-electron chi connectivity index (χ4n) is 2.61. The number of hydrogen-bond acceptors (Lipinski definition) is 4. The molecule has 0 saturated carbocycles. The predicted molar refractivity (Wildman–Crippen MR) is 103 cm³/mol. The monoisotopic (exact) mass is 351 g/mol. The van der Waals surface area contributed by atoms with Crippen LogP contribution in [0.25, 0.3) is 0 Å². The van der Waals surface area contributed by atoms with E-state index in [1.165, 1.54) is 18.6 Å². The average Bonchev–Trinajstić information content (AvgIpc) is 3.04. The minimum atomic E-state index is 0.342. The van der Waals surface area contributed by atoms with Crippen molar-refractivity contribution in [2.45, 2.75) is 30.9 Å². The van der Waals surface area contributed by atoms with Crippen molar-refractivity contribution in [2.24, 2.45) is 4.99 Å². The normalized spacial score (nSPS) is 20.7. The smallest absolute Gasteiger partial charge is 0.191 e.